The molecule has 0 spiro atoms. The van der Waals surface area contributed by atoms with Crippen LogP contribution in [-0.4, -0.2) is 21.1 Å². The Labute approximate surface area is 193 Å². The van der Waals surface area contributed by atoms with Gasteiger partial charge in [-0.15, -0.1) is 0 Å². The number of fused-ring (bicyclic) bond motifs is 1. The Morgan fingerprint density at radius 1 is 1.00 bits per heavy atom. The van der Waals surface area contributed by atoms with Gasteiger partial charge < -0.3 is 14.8 Å². The van der Waals surface area contributed by atoms with Gasteiger partial charge in [0.05, 0.1) is 21.2 Å². The van der Waals surface area contributed by atoms with Crippen LogP contribution < -0.4 is 19.5 Å². The summed E-state index contributed by atoms with van der Waals surface area (Å²) < 4.78 is 52.6. The zero-order chi connectivity index (χ0) is 22.9. The first kappa shape index (κ1) is 22.3. The van der Waals surface area contributed by atoms with E-state index in [1.165, 1.54) is 18.2 Å². The number of hydrogen-bond donors (Lipinski definition) is 2. The Hall–Kier alpha value is -2.85. The van der Waals surface area contributed by atoms with E-state index in [2.05, 4.69) is 10.0 Å². The molecule has 1 heterocycles. The normalized spacial score (nSPS) is 12.6. The van der Waals surface area contributed by atoms with Crippen LogP contribution in [0, 0.1) is 5.82 Å². The Balaban J connectivity index is 1.52. The smallest absolute Gasteiger partial charge is 0.258 e. The molecule has 1 amide bonds. The van der Waals surface area contributed by atoms with Gasteiger partial charge in [-0.1, -0.05) is 29.3 Å². The van der Waals surface area contributed by atoms with E-state index in [0.717, 1.165) is 18.2 Å². The number of carbonyl (C=O) groups excluding carboxylic acids is 1. The van der Waals surface area contributed by atoms with Crippen LogP contribution >= 0.6 is 23.2 Å². The molecular formula is C21H15Cl2FN2O5S. The van der Waals surface area contributed by atoms with Crippen molar-refractivity contribution in [2.45, 2.75) is 11.4 Å². The summed E-state index contributed by atoms with van der Waals surface area (Å²) in [6, 6.07) is 12.3. The van der Waals surface area contributed by atoms with Crippen LogP contribution in [0.2, 0.25) is 10.0 Å². The lowest BCUT2D eigenvalue weighted by molar-refractivity contribution is 0.102. The molecule has 0 saturated carbocycles. The highest BCUT2D eigenvalue weighted by Gasteiger charge is 2.21. The Morgan fingerprint density at radius 3 is 2.56 bits per heavy atom. The van der Waals surface area contributed by atoms with E-state index in [1.807, 2.05) is 0 Å². The molecule has 0 aromatic heterocycles. The maximum atomic E-state index is 14.3. The predicted molar refractivity (Wildman–Crippen MR) is 117 cm³/mol. The fourth-order valence-corrected chi connectivity index (χ4v) is 4.44. The van der Waals surface area contributed by atoms with E-state index >= 15 is 0 Å². The Morgan fingerprint density at radius 2 is 1.78 bits per heavy atom. The third kappa shape index (κ3) is 4.81. The maximum Gasteiger partial charge on any atom is 0.258 e. The standard InChI is InChI=1S/C21H15Cl2FN2O5S/c22-13-2-5-18(16(23)8-13)26-21(27)15-9-14(3-4-17(15)24)32(28,29)25-10-12-1-6-19-20(7-12)31-11-30-19/h1-9,25H,10-11H2,(H,26,27). The summed E-state index contributed by atoms with van der Waals surface area (Å²) in [7, 11) is -4.04. The predicted octanol–water partition coefficient (Wildman–Crippen LogP) is 4.59. The third-order valence-corrected chi connectivity index (χ3v) is 6.52. The molecule has 3 aromatic rings. The molecule has 3 aromatic carbocycles. The monoisotopic (exact) mass is 496 g/mol. The number of anilines is 1. The van der Waals surface area contributed by atoms with Crippen LogP contribution in [0.1, 0.15) is 15.9 Å². The number of carbonyl (C=O) groups is 1. The minimum absolute atomic E-state index is 0.0434. The van der Waals surface area contributed by atoms with Gasteiger partial charge in [-0.05, 0) is 54.1 Å². The minimum atomic E-state index is -4.04. The Kier molecular flexibility index (Phi) is 6.25. The lowest BCUT2D eigenvalue weighted by atomic mass is 10.2. The van der Waals surface area contributed by atoms with Gasteiger partial charge in [0.2, 0.25) is 16.8 Å². The highest BCUT2D eigenvalue weighted by molar-refractivity contribution is 7.89. The van der Waals surface area contributed by atoms with Gasteiger partial charge in [0.1, 0.15) is 5.82 Å². The number of hydrogen-bond acceptors (Lipinski definition) is 5. The second-order valence-corrected chi connectivity index (χ2v) is 9.34. The first-order valence-corrected chi connectivity index (χ1v) is 11.4. The summed E-state index contributed by atoms with van der Waals surface area (Å²) in [5, 5.41) is 2.96. The van der Waals surface area contributed by atoms with Crippen LogP contribution in [0.4, 0.5) is 10.1 Å². The summed E-state index contributed by atoms with van der Waals surface area (Å²) in [6.07, 6.45) is 0. The van der Waals surface area contributed by atoms with Crippen LogP contribution in [0.5, 0.6) is 11.5 Å². The zero-order valence-corrected chi connectivity index (χ0v) is 18.5. The molecule has 7 nitrogen and oxygen atoms in total. The molecule has 4 rings (SSSR count). The number of sulfonamides is 1. The summed E-state index contributed by atoms with van der Waals surface area (Å²) in [6.45, 7) is 0.0599. The van der Waals surface area contributed by atoms with Gasteiger partial charge in [-0.2, -0.15) is 0 Å². The van der Waals surface area contributed by atoms with Crippen molar-refractivity contribution in [3.05, 3.63) is 81.6 Å². The van der Waals surface area contributed by atoms with Crippen molar-refractivity contribution in [1.82, 2.24) is 4.72 Å². The average Bonchev–Trinajstić information content (AvgIpc) is 3.22. The number of halogens is 3. The van der Waals surface area contributed by atoms with E-state index in [1.54, 1.807) is 18.2 Å². The van der Waals surface area contributed by atoms with E-state index in [-0.39, 0.29) is 28.9 Å². The summed E-state index contributed by atoms with van der Waals surface area (Å²) in [5.41, 5.74) is 0.381. The third-order valence-electron chi connectivity index (χ3n) is 4.58. The second-order valence-electron chi connectivity index (χ2n) is 6.73. The number of rotatable bonds is 6. The van der Waals surface area contributed by atoms with Gasteiger partial charge in [-0.3, -0.25) is 4.79 Å². The van der Waals surface area contributed by atoms with Crippen LogP contribution in [0.15, 0.2) is 59.5 Å². The molecule has 0 radical (unpaired) electrons. The largest absolute Gasteiger partial charge is 0.454 e. The lowest BCUT2D eigenvalue weighted by Crippen LogP contribution is -2.24. The highest BCUT2D eigenvalue weighted by atomic mass is 35.5. The molecule has 0 aliphatic carbocycles. The molecule has 0 bridgehead atoms. The fourth-order valence-electron chi connectivity index (χ4n) is 2.94. The average molecular weight is 497 g/mol. The molecule has 0 fully saturated rings. The summed E-state index contributed by atoms with van der Waals surface area (Å²) in [5.74, 6) is -0.656. The van der Waals surface area contributed by atoms with E-state index < -0.39 is 27.3 Å². The van der Waals surface area contributed by atoms with Crippen LogP contribution in [0.3, 0.4) is 0 Å². The van der Waals surface area contributed by atoms with Crippen molar-refractivity contribution in [3.8, 4) is 11.5 Å². The molecule has 11 heteroatoms. The molecule has 166 valence electrons. The van der Waals surface area contributed by atoms with Crippen molar-refractivity contribution in [2.75, 3.05) is 12.1 Å². The SMILES string of the molecule is O=C(Nc1ccc(Cl)cc1Cl)c1cc(S(=O)(=O)NCc2ccc3c(c2)OCO3)ccc1F. The highest BCUT2D eigenvalue weighted by Crippen LogP contribution is 2.32. The van der Waals surface area contributed by atoms with Crippen LogP contribution in [-0.2, 0) is 16.6 Å². The molecule has 0 atom stereocenters. The van der Waals surface area contributed by atoms with Crippen molar-refractivity contribution >= 4 is 44.8 Å². The molecule has 2 N–H and O–H groups in total. The molecule has 1 aliphatic heterocycles. The topological polar surface area (TPSA) is 93.7 Å². The number of ether oxygens (including phenoxy) is 2. The van der Waals surface area contributed by atoms with Gasteiger partial charge >= 0.3 is 0 Å². The van der Waals surface area contributed by atoms with Gasteiger partial charge in [-0.25, -0.2) is 17.5 Å². The van der Waals surface area contributed by atoms with E-state index in [9.17, 15) is 17.6 Å². The van der Waals surface area contributed by atoms with Gasteiger partial charge in [0.15, 0.2) is 11.5 Å². The molecular weight excluding hydrogens is 482 g/mol. The number of amides is 1. The summed E-state index contributed by atoms with van der Waals surface area (Å²) in [4.78, 5) is 12.3. The first-order chi connectivity index (χ1) is 15.2. The van der Waals surface area contributed by atoms with E-state index in [4.69, 9.17) is 32.7 Å². The maximum absolute atomic E-state index is 14.3. The first-order valence-electron chi connectivity index (χ1n) is 9.17. The van der Waals surface area contributed by atoms with Gasteiger partial charge in [0.25, 0.3) is 5.91 Å². The second kappa shape index (κ2) is 8.95. The zero-order valence-electron chi connectivity index (χ0n) is 16.2. The fraction of sp³-hybridized carbons (Fsp3) is 0.0952. The number of benzene rings is 3. The molecule has 0 saturated heterocycles. The van der Waals surface area contributed by atoms with Crippen molar-refractivity contribution < 1.29 is 27.1 Å². The van der Waals surface area contributed by atoms with E-state index in [0.29, 0.717) is 22.1 Å². The molecule has 1 aliphatic rings. The Bertz CT molecular complexity index is 1320. The minimum Gasteiger partial charge on any atom is -0.454 e. The van der Waals surface area contributed by atoms with Crippen molar-refractivity contribution in [2.24, 2.45) is 0 Å². The number of nitrogens with one attached hydrogen (secondary N) is 2. The molecule has 0 unspecified atom stereocenters. The quantitative estimate of drug-likeness (QED) is 0.520. The summed E-state index contributed by atoms with van der Waals surface area (Å²) >= 11 is 11.8. The van der Waals surface area contributed by atoms with Gasteiger partial charge in [0, 0.05) is 11.6 Å². The van der Waals surface area contributed by atoms with Crippen LogP contribution in [0.25, 0.3) is 0 Å². The lowest BCUT2D eigenvalue weighted by Gasteiger charge is -2.11. The molecule has 32 heavy (non-hydrogen) atoms. The van der Waals surface area contributed by atoms with Crippen molar-refractivity contribution in [1.29, 1.82) is 0 Å². The van der Waals surface area contributed by atoms with Crippen molar-refractivity contribution in [3.63, 3.8) is 0 Å².